The zero-order valence-corrected chi connectivity index (χ0v) is 14.8. The molecule has 3 rings (SSSR count). The summed E-state index contributed by atoms with van der Waals surface area (Å²) in [7, 11) is 1.90. The second-order valence-corrected chi connectivity index (χ2v) is 6.69. The lowest BCUT2D eigenvalue weighted by Gasteiger charge is -2.33. The number of benzene rings is 1. The van der Waals surface area contributed by atoms with Gasteiger partial charge in [0.05, 0.1) is 5.69 Å². The number of aryl methyl sites for hydroxylation is 1. The van der Waals surface area contributed by atoms with E-state index in [0.717, 1.165) is 44.6 Å². The summed E-state index contributed by atoms with van der Waals surface area (Å²) in [4.78, 5) is 14.5. The number of aromatic nitrogens is 2. The standard InChI is InChI=1S/C19H27N5O/c1-23-13-10-17(22-23)9-11-20-19(25)21-18-8-5-12-24(15-18)14-16-6-3-2-4-7-16/h2-4,6-7,10,13,18H,5,8-9,11-12,14-15H2,1H3,(H2,20,21,25)/t18-/m0/s1. The van der Waals surface area contributed by atoms with E-state index in [2.05, 4.69) is 44.9 Å². The SMILES string of the molecule is Cn1ccc(CCNC(=O)N[C@H]2CCCN(Cc3ccccc3)C2)n1. The van der Waals surface area contributed by atoms with Gasteiger partial charge in [-0.05, 0) is 31.0 Å². The van der Waals surface area contributed by atoms with Crippen LogP contribution < -0.4 is 10.6 Å². The van der Waals surface area contributed by atoms with E-state index >= 15 is 0 Å². The molecule has 1 aromatic carbocycles. The number of likely N-dealkylation sites (tertiary alicyclic amines) is 1. The van der Waals surface area contributed by atoms with Crippen LogP contribution in [-0.2, 0) is 20.0 Å². The Bertz CT molecular complexity index is 669. The first-order valence-electron chi connectivity index (χ1n) is 8.98. The highest BCUT2D eigenvalue weighted by Crippen LogP contribution is 2.13. The van der Waals surface area contributed by atoms with Crippen molar-refractivity contribution in [1.82, 2.24) is 25.3 Å². The van der Waals surface area contributed by atoms with Crippen LogP contribution in [0, 0.1) is 0 Å². The highest BCUT2D eigenvalue weighted by molar-refractivity contribution is 5.74. The van der Waals surface area contributed by atoms with Gasteiger partial charge in [0.25, 0.3) is 0 Å². The van der Waals surface area contributed by atoms with Crippen LogP contribution in [0.5, 0.6) is 0 Å². The zero-order valence-electron chi connectivity index (χ0n) is 14.8. The van der Waals surface area contributed by atoms with Crippen LogP contribution in [0.2, 0.25) is 0 Å². The summed E-state index contributed by atoms with van der Waals surface area (Å²) in [5.74, 6) is 0. The van der Waals surface area contributed by atoms with Gasteiger partial charge >= 0.3 is 6.03 Å². The number of carbonyl (C=O) groups excluding carboxylic acids is 1. The molecule has 1 atom stereocenters. The van der Waals surface area contributed by atoms with Crippen LogP contribution in [0.1, 0.15) is 24.1 Å². The smallest absolute Gasteiger partial charge is 0.315 e. The van der Waals surface area contributed by atoms with Crippen molar-refractivity contribution in [3.8, 4) is 0 Å². The molecular weight excluding hydrogens is 314 g/mol. The van der Waals surface area contributed by atoms with Crippen molar-refractivity contribution < 1.29 is 4.79 Å². The van der Waals surface area contributed by atoms with Crippen LogP contribution in [0.15, 0.2) is 42.6 Å². The highest BCUT2D eigenvalue weighted by atomic mass is 16.2. The Morgan fingerprint density at radius 3 is 2.88 bits per heavy atom. The lowest BCUT2D eigenvalue weighted by Crippen LogP contribution is -2.50. The van der Waals surface area contributed by atoms with Gasteiger partial charge in [0.2, 0.25) is 0 Å². The molecule has 2 aromatic rings. The first-order chi connectivity index (χ1) is 12.2. The van der Waals surface area contributed by atoms with E-state index in [9.17, 15) is 4.79 Å². The first kappa shape index (κ1) is 17.5. The fraction of sp³-hybridized carbons (Fsp3) is 0.474. The molecule has 2 amide bonds. The summed E-state index contributed by atoms with van der Waals surface area (Å²) >= 11 is 0. The summed E-state index contributed by atoms with van der Waals surface area (Å²) < 4.78 is 1.78. The van der Waals surface area contributed by atoms with E-state index in [-0.39, 0.29) is 12.1 Å². The van der Waals surface area contributed by atoms with Crippen LogP contribution in [0.25, 0.3) is 0 Å². The van der Waals surface area contributed by atoms with Gasteiger partial charge in [0.1, 0.15) is 0 Å². The maximum Gasteiger partial charge on any atom is 0.315 e. The van der Waals surface area contributed by atoms with E-state index in [1.807, 2.05) is 25.4 Å². The molecule has 1 aliphatic heterocycles. The van der Waals surface area contributed by atoms with Crippen LogP contribution in [0.3, 0.4) is 0 Å². The Morgan fingerprint density at radius 1 is 1.28 bits per heavy atom. The third-order valence-corrected chi connectivity index (χ3v) is 4.53. The third-order valence-electron chi connectivity index (χ3n) is 4.53. The minimum atomic E-state index is -0.0810. The van der Waals surface area contributed by atoms with Gasteiger partial charge in [-0.15, -0.1) is 0 Å². The van der Waals surface area contributed by atoms with Crippen molar-refractivity contribution in [2.24, 2.45) is 7.05 Å². The van der Waals surface area contributed by atoms with Crippen molar-refractivity contribution >= 4 is 6.03 Å². The zero-order chi connectivity index (χ0) is 17.5. The molecule has 0 spiro atoms. The molecule has 1 fully saturated rings. The summed E-state index contributed by atoms with van der Waals surface area (Å²) in [6.07, 6.45) is 4.82. The van der Waals surface area contributed by atoms with Crippen molar-refractivity contribution in [3.63, 3.8) is 0 Å². The monoisotopic (exact) mass is 341 g/mol. The van der Waals surface area contributed by atoms with Gasteiger partial charge in [0, 0.05) is 45.3 Å². The molecule has 1 saturated heterocycles. The minimum absolute atomic E-state index is 0.0810. The Balaban J connectivity index is 1.38. The molecular formula is C19H27N5O. The molecule has 0 saturated carbocycles. The number of nitrogens with one attached hydrogen (secondary N) is 2. The normalized spacial score (nSPS) is 18.0. The molecule has 1 aliphatic rings. The predicted molar refractivity (Wildman–Crippen MR) is 98.2 cm³/mol. The van der Waals surface area contributed by atoms with Gasteiger partial charge in [0.15, 0.2) is 0 Å². The highest BCUT2D eigenvalue weighted by Gasteiger charge is 2.21. The topological polar surface area (TPSA) is 62.2 Å². The van der Waals surface area contributed by atoms with E-state index in [1.54, 1.807) is 4.68 Å². The molecule has 2 heterocycles. The fourth-order valence-corrected chi connectivity index (χ4v) is 3.30. The molecule has 134 valence electrons. The van der Waals surface area contributed by atoms with Gasteiger partial charge < -0.3 is 10.6 Å². The number of piperidine rings is 1. The van der Waals surface area contributed by atoms with Crippen LogP contribution >= 0.6 is 0 Å². The van der Waals surface area contributed by atoms with E-state index in [4.69, 9.17) is 0 Å². The van der Waals surface area contributed by atoms with E-state index < -0.39 is 0 Å². The van der Waals surface area contributed by atoms with Gasteiger partial charge in [-0.1, -0.05) is 30.3 Å². The van der Waals surface area contributed by atoms with Crippen molar-refractivity contribution in [3.05, 3.63) is 53.9 Å². The van der Waals surface area contributed by atoms with E-state index in [1.165, 1.54) is 5.56 Å². The Labute approximate surface area is 149 Å². The second kappa shape index (κ2) is 8.67. The van der Waals surface area contributed by atoms with Crippen molar-refractivity contribution in [1.29, 1.82) is 0 Å². The predicted octanol–water partition coefficient (Wildman–Crippen LogP) is 1.93. The summed E-state index contributed by atoms with van der Waals surface area (Å²) in [5, 5.41) is 10.4. The maximum atomic E-state index is 12.1. The van der Waals surface area contributed by atoms with Gasteiger partial charge in [-0.2, -0.15) is 5.10 Å². The van der Waals surface area contributed by atoms with Crippen molar-refractivity contribution in [2.75, 3.05) is 19.6 Å². The average molecular weight is 341 g/mol. The molecule has 0 unspecified atom stereocenters. The van der Waals surface area contributed by atoms with Crippen LogP contribution in [0.4, 0.5) is 4.79 Å². The molecule has 25 heavy (non-hydrogen) atoms. The molecule has 2 N–H and O–H groups in total. The average Bonchev–Trinajstić information content (AvgIpc) is 3.01. The first-order valence-corrected chi connectivity index (χ1v) is 8.98. The van der Waals surface area contributed by atoms with E-state index in [0.29, 0.717) is 6.54 Å². The summed E-state index contributed by atoms with van der Waals surface area (Å²) in [6.45, 7) is 3.54. The minimum Gasteiger partial charge on any atom is -0.338 e. The molecule has 6 nitrogen and oxygen atoms in total. The third kappa shape index (κ3) is 5.60. The number of hydrogen-bond donors (Lipinski definition) is 2. The number of hydrogen-bond acceptors (Lipinski definition) is 3. The molecule has 0 radical (unpaired) electrons. The quantitative estimate of drug-likeness (QED) is 0.844. The molecule has 0 bridgehead atoms. The molecule has 0 aliphatic carbocycles. The van der Waals surface area contributed by atoms with Crippen LogP contribution in [-0.4, -0.2) is 46.4 Å². The Morgan fingerprint density at radius 2 is 2.12 bits per heavy atom. The summed E-state index contributed by atoms with van der Waals surface area (Å²) in [5.41, 5.74) is 2.32. The largest absolute Gasteiger partial charge is 0.338 e. The fourth-order valence-electron chi connectivity index (χ4n) is 3.30. The Hall–Kier alpha value is -2.34. The lowest BCUT2D eigenvalue weighted by atomic mass is 10.0. The lowest BCUT2D eigenvalue weighted by molar-refractivity contribution is 0.180. The number of carbonyl (C=O) groups is 1. The number of nitrogens with zero attached hydrogens (tertiary/aromatic N) is 3. The molecule has 6 heteroatoms. The second-order valence-electron chi connectivity index (χ2n) is 6.69. The van der Waals surface area contributed by atoms with Crippen molar-refractivity contribution in [2.45, 2.75) is 31.8 Å². The van der Waals surface area contributed by atoms with Gasteiger partial charge in [-0.25, -0.2) is 4.79 Å². The van der Waals surface area contributed by atoms with Gasteiger partial charge in [-0.3, -0.25) is 9.58 Å². The maximum absolute atomic E-state index is 12.1. The summed E-state index contributed by atoms with van der Waals surface area (Å²) in [6, 6.07) is 12.6. The molecule has 1 aromatic heterocycles. The number of rotatable bonds is 6. The number of amides is 2. The Kier molecular flexibility index (Phi) is 6.06. The number of urea groups is 1.